The predicted octanol–water partition coefficient (Wildman–Crippen LogP) is 2.07. The molecule has 1 aromatic rings. The first-order chi connectivity index (χ1) is 9.63. The van der Waals surface area contributed by atoms with Crippen LogP contribution in [0.2, 0.25) is 0 Å². The SMILES string of the molecule is CCOc1cccc(NCC(COC)OC)c1[N+](=O)[O-]. The predicted molar refractivity (Wildman–Crippen MR) is 75.4 cm³/mol. The second-order valence-corrected chi connectivity index (χ2v) is 4.04. The fourth-order valence-corrected chi connectivity index (χ4v) is 1.75. The number of nitro groups is 1. The normalized spacial score (nSPS) is 11.9. The molecular weight excluding hydrogens is 264 g/mol. The Morgan fingerprint density at radius 3 is 2.70 bits per heavy atom. The summed E-state index contributed by atoms with van der Waals surface area (Å²) in [5, 5.41) is 14.2. The van der Waals surface area contributed by atoms with E-state index in [0.717, 1.165) is 0 Å². The first-order valence-corrected chi connectivity index (χ1v) is 6.29. The van der Waals surface area contributed by atoms with Crippen molar-refractivity contribution in [2.24, 2.45) is 0 Å². The monoisotopic (exact) mass is 284 g/mol. The smallest absolute Gasteiger partial charge is 0.333 e. The van der Waals surface area contributed by atoms with Crippen LogP contribution in [0.5, 0.6) is 5.75 Å². The number of anilines is 1. The highest BCUT2D eigenvalue weighted by atomic mass is 16.6. The van der Waals surface area contributed by atoms with Gasteiger partial charge in [0.1, 0.15) is 5.69 Å². The van der Waals surface area contributed by atoms with Gasteiger partial charge in [-0.05, 0) is 19.1 Å². The highest BCUT2D eigenvalue weighted by Crippen LogP contribution is 2.34. The van der Waals surface area contributed by atoms with Gasteiger partial charge in [-0.2, -0.15) is 0 Å². The molecule has 0 bridgehead atoms. The van der Waals surface area contributed by atoms with Crippen molar-refractivity contribution in [2.75, 3.05) is 39.3 Å². The van der Waals surface area contributed by atoms with Gasteiger partial charge < -0.3 is 19.5 Å². The van der Waals surface area contributed by atoms with Crippen molar-refractivity contribution >= 4 is 11.4 Å². The van der Waals surface area contributed by atoms with Crippen LogP contribution < -0.4 is 10.1 Å². The molecule has 7 nitrogen and oxygen atoms in total. The maximum atomic E-state index is 11.2. The highest BCUT2D eigenvalue weighted by molar-refractivity contribution is 5.68. The molecule has 0 saturated heterocycles. The molecule has 0 aromatic heterocycles. The molecule has 0 aliphatic heterocycles. The van der Waals surface area contributed by atoms with Crippen LogP contribution in [0.4, 0.5) is 11.4 Å². The fourth-order valence-electron chi connectivity index (χ4n) is 1.75. The van der Waals surface area contributed by atoms with Crippen molar-refractivity contribution in [1.82, 2.24) is 0 Å². The molecule has 0 fully saturated rings. The summed E-state index contributed by atoms with van der Waals surface area (Å²) in [6.07, 6.45) is -0.185. The van der Waals surface area contributed by atoms with Gasteiger partial charge >= 0.3 is 5.69 Å². The second-order valence-electron chi connectivity index (χ2n) is 4.04. The Balaban J connectivity index is 2.88. The number of ether oxygens (including phenoxy) is 3. The van der Waals surface area contributed by atoms with Gasteiger partial charge in [0.15, 0.2) is 5.75 Å². The van der Waals surface area contributed by atoms with Gasteiger partial charge in [0.25, 0.3) is 0 Å². The van der Waals surface area contributed by atoms with Crippen LogP contribution in [0.1, 0.15) is 6.92 Å². The lowest BCUT2D eigenvalue weighted by Gasteiger charge is -2.16. The van der Waals surface area contributed by atoms with Crippen LogP contribution in [0.25, 0.3) is 0 Å². The van der Waals surface area contributed by atoms with Crippen LogP contribution in [-0.2, 0) is 9.47 Å². The van der Waals surface area contributed by atoms with E-state index < -0.39 is 4.92 Å². The number of para-hydroxylation sites is 1. The Hall–Kier alpha value is -1.86. The molecule has 1 atom stereocenters. The van der Waals surface area contributed by atoms with Crippen molar-refractivity contribution in [2.45, 2.75) is 13.0 Å². The lowest BCUT2D eigenvalue weighted by molar-refractivity contribution is -0.384. The quantitative estimate of drug-likeness (QED) is 0.552. The average Bonchev–Trinajstić information content (AvgIpc) is 2.43. The zero-order valence-corrected chi connectivity index (χ0v) is 11.9. The summed E-state index contributed by atoms with van der Waals surface area (Å²) >= 11 is 0. The van der Waals surface area contributed by atoms with Crippen LogP contribution in [0.3, 0.4) is 0 Å². The molecule has 0 amide bonds. The van der Waals surface area contributed by atoms with E-state index in [9.17, 15) is 10.1 Å². The number of rotatable bonds is 9. The summed E-state index contributed by atoms with van der Waals surface area (Å²) in [6, 6.07) is 4.93. The fraction of sp³-hybridized carbons (Fsp3) is 0.538. The molecule has 0 spiro atoms. The summed E-state index contributed by atoms with van der Waals surface area (Å²) < 4.78 is 15.5. The van der Waals surface area contributed by atoms with E-state index >= 15 is 0 Å². The summed E-state index contributed by atoms with van der Waals surface area (Å²) in [5.41, 5.74) is 0.334. The van der Waals surface area contributed by atoms with Crippen molar-refractivity contribution in [3.8, 4) is 5.75 Å². The number of nitrogens with one attached hydrogen (secondary N) is 1. The molecule has 1 N–H and O–H groups in total. The number of nitrogens with zero attached hydrogens (tertiary/aromatic N) is 1. The molecule has 0 radical (unpaired) electrons. The van der Waals surface area contributed by atoms with Crippen LogP contribution in [0, 0.1) is 10.1 Å². The van der Waals surface area contributed by atoms with E-state index in [1.165, 1.54) is 0 Å². The van der Waals surface area contributed by atoms with Crippen LogP contribution >= 0.6 is 0 Å². The average molecular weight is 284 g/mol. The van der Waals surface area contributed by atoms with Crippen LogP contribution in [0.15, 0.2) is 18.2 Å². The van der Waals surface area contributed by atoms with Gasteiger partial charge in [-0.25, -0.2) is 0 Å². The molecule has 1 unspecified atom stereocenters. The van der Waals surface area contributed by atoms with Crippen LogP contribution in [-0.4, -0.2) is 45.0 Å². The third-order valence-electron chi connectivity index (χ3n) is 2.69. The molecule has 112 valence electrons. The Kier molecular flexibility index (Phi) is 6.75. The summed E-state index contributed by atoms with van der Waals surface area (Å²) in [4.78, 5) is 10.7. The topological polar surface area (TPSA) is 82.9 Å². The molecule has 0 heterocycles. The van der Waals surface area contributed by atoms with Crippen molar-refractivity contribution < 1.29 is 19.1 Å². The Bertz CT molecular complexity index is 439. The lowest BCUT2D eigenvalue weighted by Crippen LogP contribution is -2.26. The number of hydrogen-bond acceptors (Lipinski definition) is 6. The Morgan fingerprint density at radius 1 is 1.40 bits per heavy atom. The second kappa shape index (κ2) is 8.34. The number of benzene rings is 1. The van der Waals surface area contributed by atoms with Gasteiger partial charge in [0, 0.05) is 20.8 Å². The van der Waals surface area contributed by atoms with E-state index in [1.807, 2.05) is 0 Å². The van der Waals surface area contributed by atoms with Crippen molar-refractivity contribution in [3.63, 3.8) is 0 Å². The molecule has 20 heavy (non-hydrogen) atoms. The Morgan fingerprint density at radius 2 is 2.15 bits per heavy atom. The third-order valence-corrected chi connectivity index (χ3v) is 2.69. The first-order valence-electron chi connectivity index (χ1n) is 6.29. The van der Waals surface area contributed by atoms with E-state index in [1.54, 1.807) is 39.3 Å². The standard InChI is InChI=1S/C13H20N2O5/c1-4-20-12-7-5-6-11(13(12)15(16)17)14-8-10(19-3)9-18-2/h5-7,10,14H,4,8-9H2,1-3H3. The maximum absolute atomic E-state index is 11.2. The van der Waals surface area contributed by atoms with Crippen molar-refractivity contribution in [1.29, 1.82) is 0 Å². The number of nitro benzene ring substituents is 1. The minimum atomic E-state index is -0.453. The van der Waals surface area contributed by atoms with E-state index in [2.05, 4.69) is 5.32 Å². The molecule has 0 saturated carbocycles. The summed E-state index contributed by atoms with van der Waals surface area (Å²) in [7, 11) is 3.14. The molecule has 0 aliphatic rings. The lowest BCUT2D eigenvalue weighted by atomic mass is 10.2. The first kappa shape index (κ1) is 16.2. The summed E-state index contributed by atoms with van der Waals surface area (Å²) in [5.74, 6) is 0.253. The highest BCUT2D eigenvalue weighted by Gasteiger charge is 2.21. The Labute approximate surface area is 118 Å². The maximum Gasteiger partial charge on any atom is 0.333 e. The van der Waals surface area contributed by atoms with Crippen molar-refractivity contribution in [3.05, 3.63) is 28.3 Å². The molecule has 7 heteroatoms. The van der Waals surface area contributed by atoms with E-state index in [0.29, 0.717) is 25.4 Å². The van der Waals surface area contributed by atoms with Gasteiger partial charge in [0.05, 0.1) is 24.2 Å². The molecule has 0 aliphatic carbocycles. The zero-order chi connectivity index (χ0) is 15.0. The number of hydrogen-bond donors (Lipinski definition) is 1. The largest absolute Gasteiger partial charge is 0.487 e. The van der Waals surface area contributed by atoms with Gasteiger partial charge in [-0.1, -0.05) is 6.07 Å². The van der Waals surface area contributed by atoms with E-state index in [-0.39, 0.29) is 17.5 Å². The summed E-state index contributed by atoms with van der Waals surface area (Å²) in [6.45, 7) is 2.96. The minimum Gasteiger partial charge on any atom is -0.487 e. The minimum absolute atomic E-state index is 0.0679. The number of methoxy groups -OCH3 is 2. The molecule has 1 aromatic carbocycles. The third kappa shape index (κ3) is 4.36. The van der Waals surface area contributed by atoms with E-state index in [4.69, 9.17) is 14.2 Å². The van der Waals surface area contributed by atoms with Gasteiger partial charge in [0.2, 0.25) is 0 Å². The van der Waals surface area contributed by atoms with Gasteiger partial charge in [-0.15, -0.1) is 0 Å². The van der Waals surface area contributed by atoms with Gasteiger partial charge in [-0.3, -0.25) is 10.1 Å². The molecular formula is C13H20N2O5. The zero-order valence-electron chi connectivity index (χ0n) is 11.9. The molecule has 1 rings (SSSR count).